The van der Waals surface area contributed by atoms with Crippen LogP contribution in [0.25, 0.3) is 31.9 Å². The van der Waals surface area contributed by atoms with Gasteiger partial charge in [-0.3, -0.25) is 9.71 Å². The minimum absolute atomic E-state index is 0.00221. The average molecular weight is 574 g/mol. The van der Waals surface area contributed by atoms with Gasteiger partial charge in [0.05, 0.1) is 23.3 Å². The summed E-state index contributed by atoms with van der Waals surface area (Å²) < 4.78 is 72.0. The number of alkyl halides is 3. The first kappa shape index (κ1) is 27.9. The highest BCUT2D eigenvalue weighted by Crippen LogP contribution is 2.38. The number of halogens is 3. The summed E-state index contributed by atoms with van der Waals surface area (Å²) in [6.45, 7) is 4.00. The first-order chi connectivity index (χ1) is 18.7. The number of thiophene rings is 1. The molecule has 1 N–H and O–H groups in total. The van der Waals surface area contributed by atoms with E-state index in [-0.39, 0.29) is 16.5 Å². The second-order valence-corrected chi connectivity index (χ2v) is 10.4. The van der Waals surface area contributed by atoms with E-state index in [0.29, 0.717) is 17.7 Å². The van der Waals surface area contributed by atoms with Crippen molar-refractivity contribution in [2.75, 3.05) is 11.8 Å². The van der Waals surface area contributed by atoms with Crippen LogP contribution < -0.4 is 9.46 Å². The molecule has 1 aromatic carbocycles. The molecule has 0 aliphatic heterocycles. The number of anilines is 1. The predicted molar refractivity (Wildman–Crippen MR) is 144 cm³/mol. The van der Waals surface area contributed by atoms with Gasteiger partial charge >= 0.3 is 6.18 Å². The van der Waals surface area contributed by atoms with E-state index in [1.807, 2.05) is 32.0 Å². The third-order valence-electron chi connectivity index (χ3n) is 5.35. The lowest BCUT2D eigenvalue weighted by Crippen LogP contribution is -2.14. The van der Waals surface area contributed by atoms with Gasteiger partial charge in [-0.15, -0.1) is 11.3 Å². The van der Waals surface area contributed by atoms with E-state index in [1.54, 1.807) is 12.4 Å². The number of ether oxygens (including phenoxy) is 1. The summed E-state index contributed by atoms with van der Waals surface area (Å²) in [5, 5.41) is 0.802. The first-order valence-electron chi connectivity index (χ1n) is 11.5. The van der Waals surface area contributed by atoms with Gasteiger partial charge in [0.1, 0.15) is 16.8 Å². The van der Waals surface area contributed by atoms with Crippen LogP contribution in [-0.4, -0.2) is 35.5 Å². The molecule has 0 radical (unpaired) electrons. The lowest BCUT2D eigenvalue weighted by atomic mass is 10.1. The second kappa shape index (κ2) is 11.3. The highest BCUT2D eigenvalue weighted by molar-refractivity contribution is 7.92. The number of fused-ring (bicyclic) bond motifs is 1. The average Bonchev–Trinajstić information content (AvgIpc) is 3.39. The molecule has 5 rings (SSSR count). The van der Waals surface area contributed by atoms with Crippen LogP contribution in [0.3, 0.4) is 0 Å². The molecule has 0 aliphatic rings. The summed E-state index contributed by atoms with van der Waals surface area (Å²) in [6.07, 6.45) is 1.74. The maximum absolute atomic E-state index is 12.9. The smallest absolute Gasteiger partial charge is 0.416 e. The van der Waals surface area contributed by atoms with Gasteiger partial charge < -0.3 is 4.74 Å². The van der Waals surface area contributed by atoms with E-state index in [1.165, 1.54) is 37.0 Å². The molecule has 0 unspecified atom stereocenters. The van der Waals surface area contributed by atoms with Crippen molar-refractivity contribution in [3.05, 3.63) is 79.0 Å². The van der Waals surface area contributed by atoms with Crippen LogP contribution in [0.4, 0.5) is 18.9 Å². The Morgan fingerprint density at radius 2 is 1.62 bits per heavy atom. The number of methoxy groups -OCH3 is 1. The summed E-state index contributed by atoms with van der Waals surface area (Å²) in [4.78, 5) is 18.1. The molecule has 4 heterocycles. The molecule has 0 saturated carbocycles. The molecule has 0 aliphatic carbocycles. The zero-order valence-electron chi connectivity index (χ0n) is 20.9. The van der Waals surface area contributed by atoms with E-state index in [9.17, 15) is 21.6 Å². The lowest BCUT2D eigenvalue weighted by Gasteiger charge is -2.13. The largest absolute Gasteiger partial charge is 0.480 e. The Kier molecular flexibility index (Phi) is 8.11. The lowest BCUT2D eigenvalue weighted by molar-refractivity contribution is -0.137. The Labute approximate surface area is 226 Å². The number of nitrogens with one attached hydrogen (secondary N) is 1. The van der Waals surface area contributed by atoms with Crippen LogP contribution in [0.1, 0.15) is 19.4 Å². The van der Waals surface area contributed by atoms with Crippen molar-refractivity contribution in [1.82, 2.24) is 19.9 Å². The van der Waals surface area contributed by atoms with Gasteiger partial charge in [-0.05, 0) is 48.5 Å². The summed E-state index contributed by atoms with van der Waals surface area (Å²) in [7, 11) is -2.91. The minimum Gasteiger partial charge on any atom is -0.480 e. The SMILES string of the molecule is CC.COc1ncc(-c2cc3c(-c4ccncc4)ncnc3s2)cc1NS(=O)(=O)c1ccc(C(F)(F)F)cc1. The standard InChI is InChI=1S/C24H16F3N5O3S2.C2H6/c1-35-22-19(32-37(33,34)17-4-2-16(3-5-17)24(25,26)27)10-15(12-29-22)20-11-18-21(14-6-8-28-9-7-14)30-13-31-23(18)36-20;1-2/h2-13,32H,1H3;1-2H3. The number of benzene rings is 1. The quantitative estimate of drug-likeness (QED) is 0.242. The summed E-state index contributed by atoms with van der Waals surface area (Å²) in [5.41, 5.74) is 1.24. The van der Waals surface area contributed by atoms with Gasteiger partial charge in [-0.2, -0.15) is 13.2 Å². The predicted octanol–water partition coefficient (Wildman–Crippen LogP) is 6.67. The molecular formula is C26H22F3N5O3S2. The number of pyridine rings is 2. The molecular weight excluding hydrogens is 551 g/mol. The van der Waals surface area contributed by atoms with Crippen LogP contribution in [0, 0.1) is 0 Å². The molecule has 4 aromatic heterocycles. The molecule has 8 nitrogen and oxygen atoms in total. The molecule has 13 heteroatoms. The zero-order valence-corrected chi connectivity index (χ0v) is 22.5. The summed E-state index contributed by atoms with van der Waals surface area (Å²) >= 11 is 1.37. The summed E-state index contributed by atoms with van der Waals surface area (Å²) in [5.74, 6) is -0.00221. The fraction of sp³-hybridized carbons (Fsp3) is 0.154. The number of aromatic nitrogens is 4. The van der Waals surface area contributed by atoms with Crippen molar-refractivity contribution < 1.29 is 26.3 Å². The van der Waals surface area contributed by atoms with Crippen LogP contribution in [0.15, 0.2) is 78.3 Å². The molecule has 0 bridgehead atoms. The number of nitrogens with zero attached hydrogens (tertiary/aromatic N) is 4. The summed E-state index contributed by atoms with van der Waals surface area (Å²) in [6, 6.07) is 10.3. The molecule has 5 aromatic rings. The fourth-order valence-corrected chi connectivity index (χ4v) is 5.62. The van der Waals surface area contributed by atoms with Gasteiger partial charge in [0, 0.05) is 40.0 Å². The Hall–Kier alpha value is -4.10. The molecule has 0 saturated heterocycles. The maximum Gasteiger partial charge on any atom is 0.416 e. The minimum atomic E-state index is -4.58. The van der Waals surface area contributed by atoms with Gasteiger partial charge in [0.15, 0.2) is 0 Å². The molecule has 0 spiro atoms. The van der Waals surface area contributed by atoms with Crippen LogP contribution in [0.5, 0.6) is 5.88 Å². The van der Waals surface area contributed by atoms with Crippen molar-refractivity contribution in [1.29, 1.82) is 0 Å². The van der Waals surface area contributed by atoms with Crippen LogP contribution in [-0.2, 0) is 16.2 Å². The number of rotatable bonds is 6. The number of sulfonamides is 1. The van der Waals surface area contributed by atoms with E-state index in [2.05, 4.69) is 24.7 Å². The van der Waals surface area contributed by atoms with Crippen molar-refractivity contribution >= 4 is 37.3 Å². The monoisotopic (exact) mass is 573 g/mol. The molecule has 0 amide bonds. The maximum atomic E-state index is 12.9. The normalized spacial score (nSPS) is 11.5. The highest BCUT2D eigenvalue weighted by Gasteiger charge is 2.31. The van der Waals surface area contributed by atoms with Crippen molar-refractivity contribution in [3.63, 3.8) is 0 Å². The first-order valence-corrected chi connectivity index (χ1v) is 13.8. The van der Waals surface area contributed by atoms with E-state index < -0.39 is 21.8 Å². The van der Waals surface area contributed by atoms with E-state index >= 15 is 0 Å². The second-order valence-electron chi connectivity index (χ2n) is 7.70. The topological polar surface area (TPSA) is 107 Å². The van der Waals surface area contributed by atoms with Crippen molar-refractivity contribution in [2.45, 2.75) is 24.9 Å². The fourth-order valence-electron chi connectivity index (χ4n) is 3.59. The Bertz CT molecular complexity index is 1690. The molecule has 39 heavy (non-hydrogen) atoms. The third kappa shape index (κ3) is 5.99. The number of hydrogen-bond donors (Lipinski definition) is 1. The highest BCUT2D eigenvalue weighted by atomic mass is 32.2. The van der Waals surface area contributed by atoms with Gasteiger partial charge in [-0.1, -0.05) is 13.8 Å². The van der Waals surface area contributed by atoms with Crippen LogP contribution in [0.2, 0.25) is 0 Å². The Balaban J connectivity index is 0.00000172. The van der Waals surface area contributed by atoms with E-state index in [4.69, 9.17) is 4.74 Å². The molecule has 0 atom stereocenters. The van der Waals surface area contributed by atoms with Gasteiger partial charge in [0.25, 0.3) is 10.0 Å². The number of hydrogen-bond acceptors (Lipinski definition) is 8. The van der Waals surface area contributed by atoms with Crippen molar-refractivity contribution in [3.8, 4) is 27.6 Å². The Morgan fingerprint density at radius 1 is 0.923 bits per heavy atom. The molecule has 202 valence electrons. The Morgan fingerprint density at radius 3 is 2.26 bits per heavy atom. The zero-order chi connectivity index (χ0) is 28.2. The van der Waals surface area contributed by atoms with Crippen molar-refractivity contribution in [2.24, 2.45) is 0 Å². The molecule has 0 fully saturated rings. The van der Waals surface area contributed by atoms with E-state index in [0.717, 1.165) is 38.5 Å². The third-order valence-corrected chi connectivity index (χ3v) is 7.82. The van der Waals surface area contributed by atoms with Crippen LogP contribution >= 0.6 is 11.3 Å². The van der Waals surface area contributed by atoms with Gasteiger partial charge in [-0.25, -0.2) is 23.4 Å². The van der Waals surface area contributed by atoms with Gasteiger partial charge in [0.2, 0.25) is 5.88 Å².